The Morgan fingerprint density at radius 1 is 0.400 bits per heavy atom. The van der Waals surface area contributed by atoms with E-state index in [1.807, 2.05) is 0 Å². The van der Waals surface area contributed by atoms with Gasteiger partial charge in [0.2, 0.25) is 0 Å². The third kappa shape index (κ3) is 3.86. The fourth-order valence-electron chi connectivity index (χ4n) is 6.41. The van der Waals surface area contributed by atoms with E-state index in [2.05, 4.69) is 153 Å². The van der Waals surface area contributed by atoms with Gasteiger partial charge in [0.1, 0.15) is 0 Å². The fourth-order valence-corrected chi connectivity index (χ4v) is 6.41. The highest BCUT2D eigenvalue weighted by molar-refractivity contribution is 6.00. The SMILES string of the molecule is CC1(C)c2ccccc2-c2ccc(-c3ccc(N)c(-c4ccc(-c5ccccc5)cc4)c3-c3ccccc3)cc21. The average molecular weight is 514 g/mol. The number of benzene rings is 6. The molecular formula is C39H31N. The van der Waals surface area contributed by atoms with Crippen molar-refractivity contribution in [1.29, 1.82) is 0 Å². The van der Waals surface area contributed by atoms with Crippen LogP contribution in [0.5, 0.6) is 0 Å². The Kier molecular flexibility index (Phi) is 5.68. The molecule has 1 aliphatic rings. The molecule has 1 aliphatic carbocycles. The summed E-state index contributed by atoms with van der Waals surface area (Å²) in [5.74, 6) is 0. The van der Waals surface area contributed by atoms with Crippen molar-refractivity contribution >= 4 is 5.69 Å². The number of rotatable bonds is 4. The third-order valence-electron chi connectivity index (χ3n) is 8.48. The minimum absolute atomic E-state index is 0.0568. The Hall–Kier alpha value is -4.88. The van der Waals surface area contributed by atoms with Gasteiger partial charge in [0.15, 0.2) is 0 Å². The number of fused-ring (bicyclic) bond motifs is 3. The molecule has 0 amide bonds. The summed E-state index contributed by atoms with van der Waals surface area (Å²) in [6.45, 7) is 4.67. The highest BCUT2D eigenvalue weighted by atomic mass is 14.6. The molecule has 6 aromatic rings. The molecule has 0 spiro atoms. The molecule has 6 aromatic carbocycles. The van der Waals surface area contributed by atoms with Crippen molar-refractivity contribution in [2.45, 2.75) is 19.3 Å². The van der Waals surface area contributed by atoms with Gasteiger partial charge in [-0.2, -0.15) is 0 Å². The van der Waals surface area contributed by atoms with Crippen molar-refractivity contribution < 1.29 is 0 Å². The molecule has 2 N–H and O–H groups in total. The first-order valence-corrected chi connectivity index (χ1v) is 13.9. The maximum atomic E-state index is 6.78. The van der Waals surface area contributed by atoms with Gasteiger partial charge in [-0.25, -0.2) is 0 Å². The van der Waals surface area contributed by atoms with E-state index in [0.29, 0.717) is 0 Å². The second kappa shape index (κ2) is 9.39. The van der Waals surface area contributed by atoms with Crippen LogP contribution in [0.25, 0.3) is 55.6 Å². The molecule has 1 heteroatoms. The van der Waals surface area contributed by atoms with Gasteiger partial charge in [-0.15, -0.1) is 0 Å². The van der Waals surface area contributed by atoms with E-state index in [1.54, 1.807) is 0 Å². The first kappa shape index (κ1) is 24.2. The van der Waals surface area contributed by atoms with Crippen LogP contribution < -0.4 is 5.73 Å². The van der Waals surface area contributed by atoms with Crippen molar-refractivity contribution in [3.05, 3.63) is 151 Å². The Bertz CT molecular complexity index is 1850. The summed E-state index contributed by atoms with van der Waals surface area (Å²) in [6, 6.07) is 50.0. The zero-order valence-electron chi connectivity index (χ0n) is 22.9. The summed E-state index contributed by atoms with van der Waals surface area (Å²) in [4.78, 5) is 0. The molecule has 0 saturated carbocycles. The summed E-state index contributed by atoms with van der Waals surface area (Å²) in [5.41, 5.74) is 22.3. The molecule has 0 fully saturated rings. The number of nitrogen functional groups attached to an aromatic ring is 1. The summed E-state index contributed by atoms with van der Waals surface area (Å²) in [5, 5.41) is 0. The Balaban J connectivity index is 1.42. The fraction of sp³-hybridized carbons (Fsp3) is 0.0769. The monoisotopic (exact) mass is 513 g/mol. The normalized spacial score (nSPS) is 13.1. The molecule has 40 heavy (non-hydrogen) atoms. The van der Waals surface area contributed by atoms with Gasteiger partial charge < -0.3 is 5.73 Å². The molecule has 0 aromatic heterocycles. The Labute approximate surface area is 236 Å². The molecule has 1 nitrogen and oxygen atoms in total. The maximum absolute atomic E-state index is 6.78. The predicted molar refractivity (Wildman–Crippen MR) is 170 cm³/mol. The van der Waals surface area contributed by atoms with Crippen LogP contribution in [0.15, 0.2) is 140 Å². The van der Waals surface area contributed by atoms with Gasteiger partial charge in [0.25, 0.3) is 0 Å². The first-order valence-electron chi connectivity index (χ1n) is 13.9. The quantitative estimate of drug-likeness (QED) is 0.233. The topological polar surface area (TPSA) is 26.0 Å². The second-order valence-corrected chi connectivity index (χ2v) is 11.2. The molecule has 7 rings (SSSR count). The van der Waals surface area contributed by atoms with E-state index >= 15 is 0 Å². The van der Waals surface area contributed by atoms with E-state index in [-0.39, 0.29) is 5.41 Å². The zero-order chi connectivity index (χ0) is 27.3. The van der Waals surface area contributed by atoms with E-state index < -0.39 is 0 Å². The van der Waals surface area contributed by atoms with E-state index in [4.69, 9.17) is 5.73 Å². The molecule has 0 atom stereocenters. The van der Waals surface area contributed by atoms with E-state index in [0.717, 1.165) is 22.4 Å². The molecule has 0 unspecified atom stereocenters. The van der Waals surface area contributed by atoms with Gasteiger partial charge in [-0.05, 0) is 73.3 Å². The molecule has 0 radical (unpaired) electrons. The van der Waals surface area contributed by atoms with Crippen LogP contribution in [-0.4, -0.2) is 0 Å². The van der Waals surface area contributed by atoms with Crippen molar-refractivity contribution in [2.75, 3.05) is 5.73 Å². The lowest BCUT2D eigenvalue weighted by atomic mass is 9.80. The van der Waals surface area contributed by atoms with E-state index in [9.17, 15) is 0 Å². The van der Waals surface area contributed by atoms with Crippen LogP contribution in [0, 0.1) is 0 Å². The number of anilines is 1. The highest BCUT2D eigenvalue weighted by Gasteiger charge is 2.35. The largest absolute Gasteiger partial charge is 0.398 e. The van der Waals surface area contributed by atoms with Gasteiger partial charge in [0.05, 0.1) is 0 Å². The molecular weight excluding hydrogens is 482 g/mol. The zero-order valence-corrected chi connectivity index (χ0v) is 22.9. The van der Waals surface area contributed by atoms with Crippen LogP contribution in [0.4, 0.5) is 5.69 Å². The van der Waals surface area contributed by atoms with Gasteiger partial charge in [-0.1, -0.05) is 141 Å². The third-order valence-corrected chi connectivity index (χ3v) is 8.48. The molecule has 0 bridgehead atoms. The van der Waals surface area contributed by atoms with Crippen molar-refractivity contribution in [3.63, 3.8) is 0 Å². The second-order valence-electron chi connectivity index (χ2n) is 11.2. The lowest BCUT2D eigenvalue weighted by molar-refractivity contribution is 0.660. The summed E-state index contributed by atoms with van der Waals surface area (Å²) < 4.78 is 0. The standard InChI is InChI=1S/C39H31N/c1-39(2)34-16-10-9-15-32(34)33-22-21-30(25-35(33)39)31-23-24-36(40)38(37(31)28-13-7-4-8-14-28)29-19-17-27(18-20-29)26-11-5-3-6-12-26/h3-25H,40H2,1-2H3. The molecule has 192 valence electrons. The van der Waals surface area contributed by atoms with E-state index in [1.165, 1.54) is 50.1 Å². The summed E-state index contributed by atoms with van der Waals surface area (Å²) in [7, 11) is 0. The number of hydrogen-bond acceptors (Lipinski definition) is 1. The Morgan fingerprint density at radius 3 is 1.62 bits per heavy atom. The highest BCUT2D eigenvalue weighted by Crippen LogP contribution is 2.51. The summed E-state index contributed by atoms with van der Waals surface area (Å²) >= 11 is 0. The average Bonchev–Trinajstić information content (AvgIpc) is 3.24. The number of hydrogen-bond donors (Lipinski definition) is 1. The predicted octanol–water partition coefficient (Wildman–Crippen LogP) is 10.2. The smallest absolute Gasteiger partial charge is 0.0400 e. The number of nitrogens with two attached hydrogens (primary N) is 1. The minimum atomic E-state index is -0.0568. The maximum Gasteiger partial charge on any atom is 0.0400 e. The van der Waals surface area contributed by atoms with Gasteiger partial charge in [-0.3, -0.25) is 0 Å². The van der Waals surface area contributed by atoms with Crippen LogP contribution in [0.2, 0.25) is 0 Å². The first-order chi connectivity index (χ1) is 19.5. The Morgan fingerprint density at radius 2 is 0.900 bits per heavy atom. The summed E-state index contributed by atoms with van der Waals surface area (Å²) in [6.07, 6.45) is 0. The molecule has 0 saturated heterocycles. The van der Waals surface area contributed by atoms with Crippen LogP contribution >= 0.6 is 0 Å². The lowest BCUT2D eigenvalue weighted by Gasteiger charge is -2.23. The van der Waals surface area contributed by atoms with Crippen molar-refractivity contribution in [2.24, 2.45) is 0 Å². The molecule has 0 heterocycles. The lowest BCUT2D eigenvalue weighted by Crippen LogP contribution is -2.14. The minimum Gasteiger partial charge on any atom is -0.398 e. The van der Waals surface area contributed by atoms with Crippen molar-refractivity contribution in [3.8, 4) is 55.6 Å². The van der Waals surface area contributed by atoms with Crippen molar-refractivity contribution in [1.82, 2.24) is 0 Å². The van der Waals surface area contributed by atoms with Gasteiger partial charge in [0, 0.05) is 16.7 Å². The van der Waals surface area contributed by atoms with Crippen LogP contribution in [-0.2, 0) is 5.41 Å². The van der Waals surface area contributed by atoms with Crippen LogP contribution in [0.3, 0.4) is 0 Å². The van der Waals surface area contributed by atoms with Crippen LogP contribution in [0.1, 0.15) is 25.0 Å². The molecule has 0 aliphatic heterocycles. The van der Waals surface area contributed by atoms with Gasteiger partial charge >= 0.3 is 0 Å².